The number of halogens is 3. The van der Waals surface area contributed by atoms with Crippen LogP contribution in [0.25, 0.3) is 0 Å². The SMILES string of the molecule is Fc1cc(NC2CCCNCC2)ccc1OC(F)F. The third kappa shape index (κ3) is 4.31. The van der Waals surface area contributed by atoms with E-state index in [-0.39, 0.29) is 6.04 Å². The summed E-state index contributed by atoms with van der Waals surface area (Å²) in [5.41, 5.74) is 0.589. The number of alkyl halides is 2. The van der Waals surface area contributed by atoms with Crippen LogP contribution >= 0.6 is 0 Å². The first-order valence-electron chi connectivity index (χ1n) is 6.37. The Morgan fingerprint density at radius 3 is 2.84 bits per heavy atom. The van der Waals surface area contributed by atoms with Crippen LogP contribution in [-0.2, 0) is 0 Å². The van der Waals surface area contributed by atoms with Gasteiger partial charge in [-0.05, 0) is 44.5 Å². The summed E-state index contributed by atoms with van der Waals surface area (Å²) in [6.45, 7) is -1.10. The van der Waals surface area contributed by atoms with Crippen molar-refractivity contribution in [1.29, 1.82) is 0 Å². The number of benzene rings is 1. The van der Waals surface area contributed by atoms with E-state index in [4.69, 9.17) is 0 Å². The second kappa shape index (κ2) is 6.65. The highest BCUT2D eigenvalue weighted by Gasteiger charge is 2.14. The molecule has 0 aliphatic carbocycles. The van der Waals surface area contributed by atoms with Gasteiger partial charge in [0.1, 0.15) is 0 Å². The Bertz CT molecular complexity index is 407. The molecule has 1 aromatic rings. The van der Waals surface area contributed by atoms with Gasteiger partial charge in [0.05, 0.1) is 0 Å². The van der Waals surface area contributed by atoms with Gasteiger partial charge in [0.15, 0.2) is 11.6 Å². The molecule has 0 bridgehead atoms. The van der Waals surface area contributed by atoms with Crippen LogP contribution in [0.5, 0.6) is 5.75 Å². The van der Waals surface area contributed by atoms with Gasteiger partial charge >= 0.3 is 6.61 Å². The van der Waals surface area contributed by atoms with Gasteiger partial charge in [-0.15, -0.1) is 0 Å². The average molecular weight is 274 g/mol. The molecule has 1 heterocycles. The van der Waals surface area contributed by atoms with Crippen LogP contribution in [0.4, 0.5) is 18.9 Å². The predicted molar refractivity (Wildman–Crippen MR) is 67.2 cm³/mol. The summed E-state index contributed by atoms with van der Waals surface area (Å²) < 4.78 is 41.6. The highest BCUT2D eigenvalue weighted by molar-refractivity contribution is 5.48. The van der Waals surface area contributed by atoms with E-state index < -0.39 is 18.2 Å². The van der Waals surface area contributed by atoms with E-state index >= 15 is 0 Å². The molecule has 1 fully saturated rings. The Morgan fingerprint density at radius 1 is 1.26 bits per heavy atom. The zero-order chi connectivity index (χ0) is 13.7. The molecule has 0 aromatic heterocycles. The van der Waals surface area contributed by atoms with Crippen LogP contribution in [-0.4, -0.2) is 25.7 Å². The Hall–Kier alpha value is -1.43. The zero-order valence-corrected chi connectivity index (χ0v) is 10.5. The van der Waals surface area contributed by atoms with Gasteiger partial charge in [-0.2, -0.15) is 8.78 Å². The smallest absolute Gasteiger partial charge is 0.387 e. The Labute approximate surface area is 110 Å². The molecule has 1 aliphatic heterocycles. The van der Waals surface area contributed by atoms with Crippen molar-refractivity contribution in [3.8, 4) is 5.75 Å². The van der Waals surface area contributed by atoms with E-state index in [1.54, 1.807) is 6.07 Å². The van der Waals surface area contributed by atoms with Crippen molar-refractivity contribution in [3.05, 3.63) is 24.0 Å². The van der Waals surface area contributed by atoms with Gasteiger partial charge in [-0.3, -0.25) is 0 Å². The minimum absolute atomic E-state index is 0.274. The fourth-order valence-corrected chi connectivity index (χ4v) is 2.18. The van der Waals surface area contributed by atoms with Crippen LogP contribution in [0.15, 0.2) is 18.2 Å². The molecule has 0 amide bonds. The highest BCUT2D eigenvalue weighted by atomic mass is 19.3. The summed E-state index contributed by atoms with van der Waals surface area (Å²) in [6, 6.07) is 4.24. The fourth-order valence-electron chi connectivity index (χ4n) is 2.18. The van der Waals surface area contributed by atoms with Crippen molar-refractivity contribution in [2.24, 2.45) is 0 Å². The van der Waals surface area contributed by atoms with Crippen LogP contribution < -0.4 is 15.4 Å². The molecule has 1 unspecified atom stereocenters. The molecule has 6 heteroatoms. The van der Waals surface area contributed by atoms with E-state index in [9.17, 15) is 13.2 Å². The highest BCUT2D eigenvalue weighted by Crippen LogP contribution is 2.24. The molecule has 19 heavy (non-hydrogen) atoms. The first-order valence-corrected chi connectivity index (χ1v) is 6.37. The Morgan fingerprint density at radius 2 is 2.11 bits per heavy atom. The maximum Gasteiger partial charge on any atom is 0.387 e. The standard InChI is InChI=1S/C13H17F3N2O/c14-11-8-10(3-4-12(11)19-13(15)16)18-9-2-1-6-17-7-5-9/h3-4,8-9,13,17-18H,1-2,5-7H2. The Kier molecular flexibility index (Phi) is 4.90. The number of hydrogen-bond donors (Lipinski definition) is 2. The lowest BCUT2D eigenvalue weighted by Gasteiger charge is -2.17. The van der Waals surface area contributed by atoms with E-state index in [1.165, 1.54) is 12.1 Å². The maximum atomic E-state index is 13.5. The molecule has 2 rings (SSSR count). The molecule has 2 N–H and O–H groups in total. The second-order valence-electron chi connectivity index (χ2n) is 4.55. The first-order chi connectivity index (χ1) is 9.15. The zero-order valence-electron chi connectivity index (χ0n) is 10.5. The van der Waals surface area contributed by atoms with E-state index in [1.807, 2.05) is 0 Å². The summed E-state index contributed by atoms with van der Waals surface area (Å²) in [7, 11) is 0. The summed E-state index contributed by atoms with van der Waals surface area (Å²) in [4.78, 5) is 0. The van der Waals surface area contributed by atoms with Crippen LogP contribution in [0, 0.1) is 5.82 Å². The quantitative estimate of drug-likeness (QED) is 0.885. The van der Waals surface area contributed by atoms with Crippen LogP contribution in [0.1, 0.15) is 19.3 Å². The Balaban J connectivity index is 1.98. The van der Waals surface area contributed by atoms with Gasteiger partial charge in [0.25, 0.3) is 0 Å². The van der Waals surface area contributed by atoms with Crippen molar-refractivity contribution in [2.75, 3.05) is 18.4 Å². The third-order valence-electron chi connectivity index (χ3n) is 3.09. The van der Waals surface area contributed by atoms with Crippen molar-refractivity contribution in [3.63, 3.8) is 0 Å². The van der Waals surface area contributed by atoms with Crippen molar-refractivity contribution in [1.82, 2.24) is 5.32 Å². The monoisotopic (exact) mass is 274 g/mol. The predicted octanol–water partition coefficient (Wildman–Crippen LogP) is 2.98. The average Bonchev–Trinajstić information content (AvgIpc) is 2.61. The van der Waals surface area contributed by atoms with E-state index in [0.29, 0.717) is 5.69 Å². The summed E-state index contributed by atoms with van der Waals surface area (Å²) in [6.07, 6.45) is 3.02. The normalized spacial score (nSPS) is 20.1. The number of hydrogen-bond acceptors (Lipinski definition) is 3. The molecule has 3 nitrogen and oxygen atoms in total. The lowest BCUT2D eigenvalue weighted by Crippen LogP contribution is -2.21. The molecule has 0 radical (unpaired) electrons. The summed E-state index contributed by atoms with van der Waals surface area (Å²) >= 11 is 0. The molecular formula is C13H17F3N2O. The molecule has 0 spiro atoms. The number of rotatable bonds is 4. The first kappa shape index (κ1) is 14.0. The largest absolute Gasteiger partial charge is 0.432 e. The minimum Gasteiger partial charge on any atom is -0.432 e. The van der Waals surface area contributed by atoms with Crippen molar-refractivity contribution < 1.29 is 17.9 Å². The van der Waals surface area contributed by atoms with E-state index in [0.717, 1.165) is 32.4 Å². The maximum absolute atomic E-state index is 13.5. The molecule has 1 aromatic carbocycles. The molecule has 106 valence electrons. The van der Waals surface area contributed by atoms with Crippen LogP contribution in [0.2, 0.25) is 0 Å². The summed E-state index contributed by atoms with van der Waals surface area (Å²) in [5, 5.41) is 6.51. The van der Waals surface area contributed by atoms with Gasteiger partial charge in [-0.1, -0.05) is 0 Å². The van der Waals surface area contributed by atoms with Gasteiger partial charge in [-0.25, -0.2) is 4.39 Å². The molecule has 1 aliphatic rings. The van der Waals surface area contributed by atoms with Gasteiger partial charge in [0.2, 0.25) is 0 Å². The van der Waals surface area contributed by atoms with Gasteiger partial charge in [0, 0.05) is 17.8 Å². The lowest BCUT2D eigenvalue weighted by atomic mass is 10.1. The topological polar surface area (TPSA) is 33.3 Å². The van der Waals surface area contributed by atoms with E-state index in [2.05, 4.69) is 15.4 Å². The van der Waals surface area contributed by atoms with Gasteiger partial charge < -0.3 is 15.4 Å². The molecule has 1 atom stereocenters. The number of anilines is 1. The molecular weight excluding hydrogens is 257 g/mol. The van der Waals surface area contributed by atoms with Crippen molar-refractivity contribution in [2.45, 2.75) is 31.9 Å². The minimum atomic E-state index is -3.01. The van der Waals surface area contributed by atoms with Crippen LogP contribution in [0.3, 0.4) is 0 Å². The van der Waals surface area contributed by atoms with Crippen molar-refractivity contribution >= 4 is 5.69 Å². The number of nitrogens with one attached hydrogen (secondary N) is 2. The lowest BCUT2D eigenvalue weighted by molar-refractivity contribution is -0.0521. The second-order valence-corrected chi connectivity index (χ2v) is 4.55. The molecule has 1 saturated heterocycles. The number of ether oxygens (including phenoxy) is 1. The third-order valence-corrected chi connectivity index (χ3v) is 3.09. The summed E-state index contributed by atoms with van der Waals surface area (Å²) in [5.74, 6) is -1.21. The molecule has 0 saturated carbocycles. The fraction of sp³-hybridized carbons (Fsp3) is 0.538.